The summed E-state index contributed by atoms with van der Waals surface area (Å²) in [7, 11) is 2.05. The molecular weight excluding hydrogens is 255 g/mol. The molecule has 1 saturated heterocycles. The van der Waals surface area contributed by atoms with Crippen molar-refractivity contribution in [3.63, 3.8) is 0 Å². The van der Waals surface area contributed by atoms with Crippen LogP contribution in [0.4, 0.5) is 4.39 Å². The lowest BCUT2D eigenvalue weighted by Gasteiger charge is -2.41. The lowest BCUT2D eigenvalue weighted by Crippen LogP contribution is -2.45. The van der Waals surface area contributed by atoms with Crippen molar-refractivity contribution in [2.75, 3.05) is 33.4 Å². The molecule has 0 spiro atoms. The van der Waals surface area contributed by atoms with Crippen LogP contribution < -0.4 is 5.73 Å². The van der Waals surface area contributed by atoms with Gasteiger partial charge in [0.25, 0.3) is 0 Å². The number of ether oxygens (including phenoxy) is 1. The Morgan fingerprint density at radius 2 is 2.00 bits per heavy atom. The number of nitrogens with zero attached hydrogens (tertiary/aromatic N) is 1. The van der Waals surface area contributed by atoms with Crippen LogP contribution >= 0.6 is 0 Å². The Morgan fingerprint density at radius 1 is 1.35 bits per heavy atom. The summed E-state index contributed by atoms with van der Waals surface area (Å²) in [6, 6.07) is 7.03. The van der Waals surface area contributed by atoms with Gasteiger partial charge in [-0.05, 0) is 44.8 Å². The van der Waals surface area contributed by atoms with Crippen molar-refractivity contribution in [2.45, 2.75) is 25.8 Å². The molecule has 1 atom stereocenters. The van der Waals surface area contributed by atoms with Gasteiger partial charge in [0.05, 0.1) is 0 Å². The highest BCUT2D eigenvalue weighted by atomic mass is 19.1. The van der Waals surface area contributed by atoms with E-state index in [4.69, 9.17) is 10.5 Å². The van der Waals surface area contributed by atoms with Gasteiger partial charge in [-0.3, -0.25) is 4.90 Å². The molecule has 1 aromatic rings. The molecule has 3 nitrogen and oxygen atoms in total. The van der Waals surface area contributed by atoms with Crippen LogP contribution in [0.3, 0.4) is 0 Å². The molecule has 112 valence electrons. The first-order chi connectivity index (χ1) is 9.58. The molecule has 4 heteroatoms. The molecular formula is C16H25FN2O. The second-order valence-corrected chi connectivity index (χ2v) is 5.93. The Morgan fingerprint density at radius 3 is 2.60 bits per heavy atom. The third-order valence-corrected chi connectivity index (χ3v) is 4.59. The van der Waals surface area contributed by atoms with E-state index in [-0.39, 0.29) is 17.3 Å². The number of benzene rings is 1. The molecule has 1 fully saturated rings. The first-order valence-electron chi connectivity index (χ1n) is 7.30. The van der Waals surface area contributed by atoms with E-state index in [9.17, 15) is 4.39 Å². The summed E-state index contributed by atoms with van der Waals surface area (Å²) in [4.78, 5) is 2.20. The third-order valence-electron chi connectivity index (χ3n) is 4.59. The van der Waals surface area contributed by atoms with Crippen LogP contribution in [0, 0.1) is 11.2 Å². The lowest BCUT2D eigenvalue weighted by atomic mass is 9.79. The van der Waals surface area contributed by atoms with E-state index in [1.165, 1.54) is 6.07 Å². The summed E-state index contributed by atoms with van der Waals surface area (Å²) in [6.45, 7) is 5.13. The molecule has 1 aliphatic rings. The van der Waals surface area contributed by atoms with Crippen molar-refractivity contribution in [3.8, 4) is 0 Å². The SMILES string of the molecule is CC(c1ccccc1F)N(C)CC1(CN)CCOCC1. The van der Waals surface area contributed by atoms with Crippen LogP contribution in [0.2, 0.25) is 0 Å². The van der Waals surface area contributed by atoms with Crippen LogP contribution in [0.15, 0.2) is 24.3 Å². The molecule has 20 heavy (non-hydrogen) atoms. The van der Waals surface area contributed by atoms with E-state index in [2.05, 4.69) is 4.90 Å². The molecule has 1 heterocycles. The summed E-state index contributed by atoms with van der Waals surface area (Å²) in [5.74, 6) is -0.138. The van der Waals surface area contributed by atoms with E-state index in [0.717, 1.165) is 38.2 Å². The zero-order chi connectivity index (χ0) is 14.6. The predicted octanol–water partition coefficient (Wildman–Crippen LogP) is 2.57. The Bertz CT molecular complexity index is 432. The zero-order valence-corrected chi connectivity index (χ0v) is 12.4. The lowest BCUT2D eigenvalue weighted by molar-refractivity contribution is -0.00173. The topological polar surface area (TPSA) is 38.5 Å². The highest BCUT2D eigenvalue weighted by Gasteiger charge is 2.33. The minimum absolute atomic E-state index is 0.0440. The minimum Gasteiger partial charge on any atom is -0.381 e. The fraction of sp³-hybridized carbons (Fsp3) is 0.625. The fourth-order valence-corrected chi connectivity index (χ4v) is 2.95. The number of halogens is 1. The molecule has 1 aromatic carbocycles. The van der Waals surface area contributed by atoms with Crippen LogP contribution in [-0.4, -0.2) is 38.3 Å². The van der Waals surface area contributed by atoms with E-state index in [0.29, 0.717) is 6.54 Å². The Kier molecular flexibility index (Phi) is 5.13. The van der Waals surface area contributed by atoms with Crippen LogP contribution in [0.25, 0.3) is 0 Å². The molecule has 0 radical (unpaired) electrons. The zero-order valence-electron chi connectivity index (χ0n) is 12.4. The number of rotatable bonds is 5. The Balaban J connectivity index is 2.07. The van der Waals surface area contributed by atoms with Crippen molar-refractivity contribution in [3.05, 3.63) is 35.6 Å². The monoisotopic (exact) mass is 280 g/mol. The van der Waals surface area contributed by atoms with Crippen molar-refractivity contribution in [1.82, 2.24) is 4.90 Å². The molecule has 1 aliphatic heterocycles. The molecule has 0 aromatic heterocycles. The van der Waals surface area contributed by atoms with Crippen molar-refractivity contribution < 1.29 is 9.13 Å². The Hall–Kier alpha value is -0.970. The highest BCUT2D eigenvalue weighted by molar-refractivity contribution is 5.20. The van der Waals surface area contributed by atoms with E-state index < -0.39 is 0 Å². The summed E-state index contributed by atoms with van der Waals surface area (Å²) in [5.41, 5.74) is 6.85. The van der Waals surface area contributed by atoms with Crippen LogP contribution in [-0.2, 0) is 4.74 Å². The van der Waals surface area contributed by atoms with Gasteiger partial charge in [-0.1, -0.05) is 18.2 Å². The quantitative estimate of drug-likeness (QED) is 0.901. The molecule has 0 amide bonds. The normalized spacial score (nSPS) is 20.1. The van der Waals surface area contributed by atoms with Gasteiger partial charge in [0.2, 0.25) is 0 Å². The van der Waals surface area contributed by atoms with Crippen LogP contribution in [0.5, 0.6) is 0 Å². The summed E-state index contributed by atoms with van der Waals surface area (Å²) >= 11 is 0. The average Bonchev–Trinajstić information content (AvgIpc) is 2.48. The number of hydrogen-bond acceptors (Lipinski definition) is 3. The maximum absolute atomic E-state index is 13.9. The number of hydrogen-bond donors (Lipinski definition) is 1. The van der Waals surface area contributed by atoms with Gasteiger partial charge in [-0.2, -0.15) is 0 Å². The average molecular weight is 280 g/mol. The molecule has 2 N–H and O–H groups in total. The minimum atomic E-state index is -0.138. The summed E-state index contributed by atoms with van der Waals surface area (Å²) < 4.78 is 19.3. The van der Waals surface area contributed by atoms with Crippen molar-refractivity contribution >= 4 is 0 Å². The molecule has 0 aliphatic carbocycles. The smallest absolute Gasteiger partial charge is 0.127 e. The maximum Gasteiger partial charge on any atom is 0.127 e. The van der Waals surface area contributed by atoms with Crippen LogP contribution in [0.1, 0.15) is 31.4 Å². The second kappa shape index (κ2) is 6.66. The molecule has 2 rings (SSSR count). The van der Waals surface area contributed by atoms with Crippen molar-refractivity contribution in [1.29, 1.82) is 0 Å². The largest absolute Gasteiger partial charge is 0.381 e. The van der Waals surface area contributed by atoms with Crippen molar-refractivity contribution in [2.24, 2.45) is 11.1 Å². The standard InChI is InChI=1S/C16H25FN2O/c1-13(14-5-3-4-6-15(14)17)19(2)12-16(11-18)7-9-20-10-8-16/h3-6,13H,7-12,18H2,1-2H3. The first-order valence-corrected chi connectivity index (χ1v) is 7.30. The van der Waals surface area contributed by atoms with Gasteiger partial charge in [0.15, 0.2) is 0 Å². The van der Waals surface area contributed by atoms with Gasteiger partial charge in [0, 0.05) is 31.4 Å². The first kappa shape index (κ1) is 15.4. The van der Waals surface area contributed by atoms with Gasteiger partial charge in [-0.15, -0.1) is 0 Å². The summed E-state index contributed by atoms with van der Waals surface area (Å²) in [6.07, 6.45) is 1.97. The Labute approximate surface area is 120 Å². The van der Waals surface area contributed by atoms with E-state index in [1.54, 1.807) is 6.07 Å². The fourth-order valence-electron chi connectivity index (χ4n) is 2.95. The third kappa shape index (κ3) is 3.37. The molecule has 0 bridgehead atoms. The molecule has 0 saturated carbocycles. The van der Waals surface area contributed by atoms with E-state index >= 15 is 0 Å². The maximum atomic E-state index is 13.9. The predicted molar refractivity (Wildman–Crippen MR) is 79.0 cm³/mol. The van der Waals surface area contributed by atoms with Gasteiger partial charge < -0.3 is 10.5 Å². The summed E-state index contributed by atoms with van der Waals surface area (Å²) in [5, 5.41) is 0. The van der Waals surface area contributed by atoms with Gasteiger partial charge in [-0.25, -0.2) is 4.39 Å². The van der Waals surface area contributed by atoms with E-state index in [1.807, 2.05) is 26.1 Å². The van der Waals surface area contributed by atoms with Gasteiger partial charge >= 0.3 is 0 Å². The highest BCUT2D eigenvalue weighted by Crippen LogP contribution is 2.33. The second-order valence-electron chi connectivity index (χ2n) is 5.93. The number of nitrogens with two attached hydrogens (primary N) is 1. The molecule has 1 unspecified atom stereocenters. The van der Waals surface area contributed by atoms with Gasteiger partial charge in [0.1, 0.15) is 5.82 Å².